The van der Waals surface area contributed by atoms with Crippen molar-refractivity contribution >= 4 is 15.8 Å². The third-order valence-corrected chi connectivity index (χ3v) is 6.03. The molecule has 0 saturated heterocycles. The smallest absolute Gasteiger partial charge is 0.282 e. The van der Waals surface area contributed by atoms with Crippen molar-refractivity contribution in [2.45, 2.75) is 55.9 Å². The van der Waals surface area contributed by atoms with Gasteiger partial charge in [0.2, 0.25) is 5.69 Å². The van der Waals surface area contributed by atoms with Crippen molar-refractivity contribution in [3.05, 3.63) is 51.3 Å². The van der Waals surface area contributed by atoms with E-state index in [0.29, 0.717) is 31.2 Å². The molecule has 1 aromatic carbocycles. The zero-order chi connectivity index (χ0) is 20.6. The highest BCUT2D eigenvalue weighted by atomic mass is 32.2. The number of hydrogen-bond acceptors (Lipinski definition) is 5. The lowest BCUT2D eigenvalue weighted by molar-refractivity contribution is -0.386. The van der Waals surface area contributed by atoms with Gasteiger partial charge in [0.1, 0.15) is 6.20 Å². The monoisotopic (exact) mass is 415 g/mol. The average molecular weight is 415 g/mol. The van der Waals surface area contributed by atoms with Crippen LogP contribution in [0.5, 0.6) is 0 Å². The van der Waals surface area contributed by atoms with E-state index < -0.39 is 32.8 Å². The number of rotatable bonds is 5. The van der Waals surface area contributed by atoms with Crippen LogP contribution in [0.25, 0.3) is 0 Å². The van der Waals surface area contributed by atoms with Crippen LogP contribution in [-0.4, -0.2) is 27.7 Å². The Morgan fingerprint density at radius 2 is 1.93 bits per heavy atom. The molecule has 8 nitrogen and oxygen atoms in total. The van der Waals surface area contributed by atoms with Gasteiger partial charge in [-0.1, -0.05) is 17.7 Å². The molecule has 1 saturated carbocycles. The number of alkyl halides is 2. The Balaban J connectivity index is 1.82. The van der Waals surface area contributed by atoms with Gasteiger partial charge < -0.3 is 0 Å². The molecule has 11 heteroatoms. The van der Waals surface area contributed by atoms with Gasteiger partial charge in [-0.3, -0.25) is 19.3 Å². The minimum absolute atomic E-state index is 0.128. The summed E-state index contributed by atoms with van der Waals surface area (Å²) in [6.45, 7) is 1.82. The molecule has 1 fully saturated rings. The summed E-state index contributed by atoms with van der Waals surface area (Å²) in [5.74, 6) is -0.131. The van der Waals surface area contributed by atoms with E-state index in [1.54, 1.807) is 12.1 Å². The fourth-order valence-electron chi connectivity index (χ4n) is 3.75. The second-order valence-corrected chi connectivity index (χ2v) is 8.35. The van der Waals surface area contributed by atoms with E-state index in [9.17, 15) is 31.9 Å². The summed E-state index contributed by atoms with van der Waals surface area (Å²) in [6, 6.07) is 4.41. The molecular formula is C17H19F2N3O5S. The van der Waals surface area contributed by atoms with Crippen molar-refractivity contribution in [2.75, 3.05) is 0 Å². The first-order chi connectivity index (χ1) is 13.1. The lowest BCUT2D eigenvalue weighted by atomic mass is 9.81. The molecule has 0 radical (unpaired) electrons. The van der Waals surface area contributed by atoms with E-state index in [1.807, 2.05) is 6.92 Å². The van der Waals surface area contributed by atoms with Gasteiger partial charge in [-0.25, -0.2) is 8.78 Å². The number of nitro groups is 1. The fourth-order valence-corrected chi connectivity index (χ4v) is 4.52. The molecule has 0 bridgehead atoms. The summed E-state index contributed by atoms with van der Waals surface area (Å²) >= 11 is 0. The topological polar surface area (TPSA) is 115 Å². The van der Waals surface area contributed by atoms with Crippen molar-refractivity contribution in [1.82, 2.24) is 9.78 Å². The molecule has 28 heavy (non-hydrogen) atoms. The van der Waals surface area contributed by atoms with Crippen LogP contribution >= 0.6 is 0 Å². The van der Waals surface area contributed by atoms with Gasteiger partial charge in [0.05, 0.1) is 15.9 Å². The molecule has 1 heterocycles. The van der Waals surface area contributed by atoms with Gasteiger partial charge in [-0.15, -0.1) is 0 Å². The van der Waals surface area contributed by atoms with Gasteiger partial charge >= 0.3 is 5.69 Å². The van der Waals surface area contributed by atoms with E-state index >= 15 is 0 Å². The fraction of sp³-hybridized carbons (Fsp3) is 0.471. The highest BCUT2D eigenvalue weighted by Crippen LogP contribution is 2.41. The second kappa shape index (κ2) is 7.55. The molecule has 1 aromatic heterocycles. The first-order valence-corrected chi connectivity index (χ1v) is 10.1. The number of aromatic nitrogens is 2. The average Bonchev–Trinajstić information content (AvgIpc) is 3.07. The number of benzene rings is 1. The van der Waals surface area contributed by atoms with Crippen molar-refractivity contribution in [1.29, 1.82) is 0 Å². The molecule has 0 atom stereocenters. The second-order valence-electron chi connectivity index (χ2n) is 6.96. The first kappa shape index (κ1) is 20.3. The highest BCUT2D eigenvalue weighted by Gasteiger charge is 2.32. The summed E-state index contributed by atoms with van der Waals surface area (Å²) in [5.41, 5.74) is -0.168. The quantitative estimate of drug-likeness (QED) is 0.445. The minimum atomic E-state index is -4.36. The van der Waals surface area contributed by atoms with Crippen LogP contribution in [0.3, 0.4) is 0 Å². The maximum Gasteiger partial charge on any atom is 0.316 e. The van der Waals surface area contributed by atoms with E-state index in [0.717, 1.165) is 11.8 Å². The van der Waals surface area contributed by atoms with E-state index in [1.165, 1.54) is 10.7 Å². The van der Waals surface area contributed by atoms with E-state index in [4.69, 9.17) is 0 Å². The molecule has 1 aliphatic rings. The summed E-state index contributed by atoms with van der Waals surface area (Å²) in [7, 11) is -4.36. The maximum absolute atomic E-state index is 13.0. The Kier molecular flexibility index (Phi) is 5.48. The van der Waals surface area contributed by atoms with Crippen LogP contribution in [0.4, 0.5) is 14.5 Å². The molecule has 152 valence electrons. The van der Waals surface area contributed by atoms with Crippen molar-refractivity contribution in [2.24, 2.45) is 0 Å². The van der Waals surface area contributed by atoms with Gasteiger partial charge in [0, 0.05) is 0 Å². The summed E-state index contributed by atoms with van der Waals surface area (Å²) in [6.07, 6.45) is 0.0455. The minimum Gasteiger partial charge on any atom is -0.282 e. The van der Waals surface area contributed by atoms with Crippen molar-refractivity contribution < 1.29 is 26.7 Å². The zero-order valence-electron chi connectivity index (χ0n) is 15.0. The maximum atomic E-state index is 13.0. The molecule has 0 aliphatic heterocycles. The zero-order valence-corrected chi connectivity index (χ0v) is 15.8. The number of nitrogens with zero attached hydrogens (tertiary/aromatic N) is 3. The molecule has 1 aliphatic carbocycles. The van der Waals surface area contributed by atoms with Crippen LogP contribution in [-0.2, 0) is 10.1 Å². The van der Waals surface area contributed by atoms with Crippen LogP contribution in [0, 0.1) is 17.0 Å². The largest absolute Gasteiger partial charge is 0.316 e. The van der Waals surface area contributed by atoms with Gasteiger partial charge in [0.15, 0.2) is 0 Å². The van der Waals surface area contributed by atoms with Gasteiger partial charge in [-0.2, -0.15) is 13.5 Å². The van der Waals surface area contributed by atoms with Crippen molar-refractivity contribution in [3.8, 4) is 0 Å². The predicted molar refractivity (Wildman–Crippen MR) is 95.1 cm³/mol. The SMILES string of the molecule is Cc1ccc(S(=O)(=O)O)c(C2CCC(n3cc([N+](=O)[O-])c(C(F)F)n3)CC2)c1. The highest BCUT2D eigenvalue weighted by molar-refractivity contribution is 7.85. The lowest BCUT2D eigenvalue weighted by Gasteiger charge is -2.29. The molecule has 0 spiro atoms. The van der Waals surface area contributed by atoms with Crippen molar-refractivity contribution in [3.63, 3.8) is 0 Å². The first-order valence-electron chi connectivity index (χ1n) is 8.67. The van der Waals surface area contributed by atoms with E-state index in [-0.39, 0.29) is 16.9 Å². The summed E-state index contributed by atoms with van der Waals surface area (Å²) < 4.78 is 60.0. The molecular weight excluding hydrogens is 396 g/mol. The Bertz CT molecular complexity index is 998. The standard InChI is InChI=1S/C17H19F2N3O5S/c1-10-2-7-15(28(25,26)27)13(8-10)11-3-5-12(6-4-11)21-9-14(22(23)24)16(20-21)17(18)19/h2,7-9,11-12,17H,3-6H2,1H3,(H,25,26,27). The molecule has 0 unspecified atom stereocenters. The Morgan fingerprint density at radius 1 is 1.29 bits per heavy atom. The molecule has 1 N–H and O–H groups in total. The molecule has 0 amide bonds. The van der Waals surface area contributed by atoms with E-state index in [2.05, 4.69) is 5.10 Å². The molecule has 3 rings (SSSR count). The lowest BCUT2D eigenvalue weighted by Crippen LogP contribution is -2.19. The normalized spacial score (nSPS) is 20.5. The number of aryl methyl sites for hydroxylation is 1. The van der Waals surface area contributed by atoms with Crippen LogP contribution in [0.15, 0.2) is 29.3 Å². The Hall–Kier alpha value is -2.40. The number of halogens is 2. The van der Waals surface area contributed by atoms with Crippen LogP contribution in [0.1, 0.15) is 60.9 Å². The van der Waals surface area contributed by atoms with Gasteiger partial charge in [0.25, 0.3) is 16.5 Å². The van der Waals surface area contributed by atoms with Crippen LogP contribution < -0.4 is 0 Å². The summed E-state index contributed by atoms with van der Waals surface area (Å²) in [4.78, 5) is 9.96. The Morgan fingerprint density at radius 3 is 2.43 bits per heavy atom. The van der Waals surface area contributed by atoms with Gasteiger partial charge in [-0.05, 0) is 50.2 Å². The Labute approximate surface area is 160 Å². The van der Waals surface area contributed by atoms with Crippen LogP contribution in [0.2, 0.25) is 0 Å². The third-order valence-electron chi connectivity index (χ3n) is 5.10. The third kappa shape index (κ3) is 4.04. The number of hydrogen-bond donors (Lipinski definition) is 1. The summed E-state index contributed by atoms with van der Waals surface area (Å²) in [5, 5.41) is 14.7. The predicted octanol–water partition coefficient (Wildman–Crippen LogP) is 4.18. The molecule has 2 aromatic rings.